The minimum Gasteiger partial charge on any atom is -0.302 e. The van der Waals surface area contributed by atoms with Crippen LogP contribution in [0, 0.1) is 0 Å². The van der Waals surface area contributed by atoms with Crippen molar-refractivity contribution in [2.75, 3.05) is 0 Å². The number of hydrogen-bond acceptors (Lipinski definition) is 3. The normalized spacial score (nSPS) is 20.3. The molecule has 0 saturated carbocycles. The van der Waals surface area contributed by atoms with Gasteiger partial charge < -0.3 is 4.89 Å². The van der Waals surface area contributed by atoms with Gasteiger partial charge >= 0.3 is 7.82 Å². The molecule has 2 unspecified atom stereocenters. The summed E-state index contributed by atoms with van der Waals surface area (Å²) in [5.41, 5.74) is 0. The molecular formula is C6H11Br4O4P. The first-order valence-corrected chi connectivity index (χ1v) is 9.07. The second-order valence-corrected chi connectivity index (χ2v) is 10.5. The lowest BCUT2D eigenvalue weighted by atomic mass is 10.5. The summed E-state index contributed by atoms with van der Waals surface area (Å²) in [6.45, 7) is 3.29. The van der Waals surface area contributed by atoms with Crippen molar-refractivity contribution >= 4 is 71.5 Å². The topological polar surface area (TPSA) is 55.8 Å². The summed E-state index contributed by atoms with van der Waals surface area (Å²) >= 11 is 12.7. The van der Waals surface area contributed by atoms with Gasteiger partial charge in [-0.25, -0.2) is 4.57 Å². The van der Waals surface area contributed by atoms with Crippen molar-refractivity contribution in [1.82, 2.24) is 0 Å². The highest BCUT2D eigenvalue weighted by Crippen LogP contribution is 2.48. The molecular weight excluding hydrogens is 487 g/mol. The predicted molar refractivity (Wildman–Crippen MR) is 74.2 cm³/mol. The Morgan fingerprint density at radius 2 is 1.27 bits per heavy atom. The van der Waals surface area contributed by atoms with Crippen LogP contribution in [-0.2, 0) is 13.6 Å². The number of phosphoric acid groups is 1. The van der Waals surface area contributed by atoms with E-state index in [1.807, 2.05) is 0 Å². The third-order valence-corrected chi connectivity index (χ3v) is 5.48. The van der Waals surface area contributed by atoms with Crippen molar-refractivity contribution in [3.05, 3.63) is 0 Å². The maximum Gasteiger partial charge on any atom is 0.472 e. The van der Waals surface area contributed by atoms with Gasteiger partial charge in [0.1, 0.15) is 0 Å². The van der Waals surface area contributed by atoms with Crippen LogP contribution in [0.1, 0.15) is 13.8 Å². The molecule has 0 rings (SSSR count). The highest BCUT2D eigenvalue weighted by atomic mass is 79.9. The lowest BCUT2D eigenvalue weighted by Gasteiger charge is -2.22. The van der Waals surface area contributed by atoms with Crippen molar-refractivity contribution in [1.29, 1.82) is 0 Å². The van der Waals surface area contributed by atoms with Crippen LogP contribution in [-0.4, -0.2) is 24.6 Å². The van der Waals surface area contributed by atoms with E-state index in [4.69, 9.17) is 9.05 Å². The summed E-state index contributed by atoms with van der Waals surface area (Å²) in [7, 11) is -4.03. The van der Waals surface area contributed by atoms with Crippen molar-refractivity contribution in [2.45, 2.75) is 33.5 Å². The van der Waals surface area contributed by atoms with Gasteiger partial charge in [-0.05, 0) is 13.8 Å². The van der Waals surface area contributed by atoms with Crippen LogP contribution in [0.4, 0.5) is 0 Å². The van der Waals surface area contributed by atoms with E-state index >= 15 is 0 Å². The third kappa shape index (κ3) is 7.86. The van der Waals surface area contributed by atoms with E-state index in [1.54, 1.807) is 13.8 Å². The SMILES string of the molecule is CC(OP(=O)(O)OC(C)C(Br)Br)C(Br)Br. The molecule has 0 aromatic heterocycles. The van der Waals surface area contributed by atoms with Gasteiger partial charge in [-0.2, -0.15) is 0 Å². The van der Waals surface area contributed by atoms with E-state index in [0.29, 0.717) is 0 Å². The van der Waals surface area contributed by atoms with Crippen molar-refractivity contribution in [2.24, 2.45) is 0 Å². The highest BCUT2D eigenvalue weighted by Gasteiger charge is 2.30. The predicted octanol–water partition coefficient (Wildman–Crippen LogP) is 4.13. The van der Waals surface area contributed by atoms with Crippen molar-refractivity contribution in [3.63, 3.8) is 0 Å². The Balaban J connectivity index is 4.25. The minimum atomic E-state index is -4.03. The number of halogens is 4. The molecule has 0 amide bonds. The molecule has 0 bridgehead atoms. The van der Waals surface area contributed by atoms with Gasteiger partial charge in [-0.3, -0.25) is 9.05 Å². The maximum atomic E-state index is 11.5. The van der Waals surface area contributed by atoms with Crippen LogP contribution in [0.5, 0.6) is 0 Å². The number of phosphoric ester groups is 1. The Morgan fingerprint density at radius 3 is 1.47 bits per heavy atom. The van der Waals surface area contributed by atoms with Crippen LogP contribution >= 0.6 is 71.5 Å². The molecule has 0 spiro atoms. The summed E-state index contributed by atoms with van der Waals surface area (Å²) in [6, 6.07) is 0. The maximum absolute atomic E-state index is 11.5. The number of hydrogen-bond donors (Lipinski definition) is 1. The number of alkyl halides is 4. The smallest absolute Gasteiger partial charge is 0.302 e. The van der Waals surface area contributed by atoms with Gasteiger partial charge in [0.25, 0.3) is 0 Å². The van der Waals surface area contributed by atoms with Crippen molar-refractivity contribution in [3.8, 4) is 0 Å². The monoisotopic (exact) mass is 494 g/mol. The van der Waals surface area contributed by atoms with E-state index in [0.717, 1.165) is 0 Å². The fourth-order valence-corrected chi connectivity index (χ4v) is 2.77. The van der Waals surface area contributed by atoms with Crippen LogP contribution in [0.2, 0.25) is 0 Å². The van der Waals surface area contributed by atoms with E-state index in [9.17, 15) is 9.46 Å². The summed E-state index contributed by atoms with van der Waals surface area (Å²) in [5, 5.41) is 0. The summed E-state index contributed by atoms with van der Waals surface area (Å²) < 4.78 is 20.8. The molecule has 4 nitrogen and oxygen atoms in total. The lowest BCUT2D eigenvalue weighted by Crippen LogP contribution is -2.19. The molecule has 9 heteroatoms. The molecule has 0 aliphatic rings. The van der Waals surface area contributed by atoms with Crippen LogP contribution in [0.25, 0.3) is 0 Å². The van der Waals surface area contributed by atoms with E-state index < -0.39 is 20.0 Å². The Bertz CT molecular complexity index is 217. The summed E-state index contributed by atoms with van der Waals surface area (Å²) in [4.78, 5) is 9.38. The fourth-order valence-electron chi connectivity index (χ4n) is 0.537. The average molecular weight is 498 g/mol. The molecule has 0 saturated heterocycles. The van der Waals surface area contributed by atoms with Crippen molar-refractivity contribution < 1.29 is 18.5 Å². The molecule has 0 fully saturated rings. The summed E-state index contributed by atoms with van der Waals surface area (Å²) in [6.07, 6.45) is -0.978. The quantitative estimate of drug-likeness (QED) is 0.443. The fraction of sp³-hybridized carbons (Fsp3) is 1.00. The van der Waals surface area contributed by atoms with Crippen LogP contribution in [0.3, 0.4) is 0 Å². The zero-order valence-corrected chi connectivity index (χ0v) is 15.2. The third-order valence-electron chi connectivity index (χ3n) is 1.31. The largest absolute Gasteiger partial charge is 0.472 e. The zero-order valence-electron chi connectivity index (χ0n) is 7.94. The van der Waals surface area contributed by atoms with Gasteiger partial charge in [0.15, 0.2) is 0 Å². The molecule has 15 heavy (non-hydrogen) atoms. The molecule has 0 aliphatic heterocycles. The zero-order chi connectivity index (χ0) is 12.2. The Hall–Kier alpha value is 2.03. The van der Waals surface area contributed by atoms with Gasteiger partial charge in [-0.1, -0.05) is 63.7 Å². The van der Waals surface area contributed by atoms with E-state index in [1.165, 1.54) is 0 Å². The van der Waals surface area contributed by atoms with E-state index in [2.05, 4.69) is 63.7 Å². The second kappa shape index (κ2) is 7.46. The molecule has 92 valence electrons. The first kappa shape index (κ1) is 17.0. The highest BCUT2D eigenvalue weighted by molar-refractivity contribution is 9.25. The molecule has 1 N–H and O–H groups in total. The number of rotatable bonds is 6. The van der Waals surface area contributed by atoms with E-state index in [-0.39, 0.29) is 7.47 Å². The second-order valence-electron chi connectivity index (χ2n) is 2.76. The van der Waals surface area contributed by atoms with Crippen LogP contribution in [0.15, 0.2) is 0 Å². The molecule has 2 atom stereocenters. The summed E-state index contributed by atoms with van der Waals surface area (Å²) in [5.74, 6) is 0. The van der Waals surface area contributed by atoms with Gasteiger partial charge in [0.2, 0.25) is 0 Å². The van der Waals surface area contributed by atoms with Gasteiger partial charge in [0.05, 0.1) is 19.7 Å². The van der Waals surface area contributed by atoms with Gasteiger partial charge in [-0.15, -0.1) is 0 Å². The molecule has 0 aromatic carbocycles. The average Bonchev–Trinajstić information content (AvgIpc) is 2.01. The lowest BCUT2D eigenvalue weighted by molar-refractivity contribution is 0.0984. The Morgan fingerprint density at radius 1 is 1.00 bits per heavy atom. The molecule has 0 aromatic rings. The molecule has 0 heterocycles. The Kier molecular flexibility index (Phi) is 8.47. The molecule has 0 aliphatic carbocycles. The Labute approximate surface area is 123 Å². The molecule has 0 radical (unpaired) electrons. The minimum absolute atomic E-state index is 0.215. The van der Waals surface area contributed by atoms with Gasteiger partial charge in [0, 0.05) is 0 Å². The standard InChI is InChI=1S/C6H11Br4O4P/c1-3(5(7)8)13-15(11,12)14-4(2)6(9)10/h3-6H,1-2H3,(H,11,12). The first-order valence-electron chi connectivity index (χ1n) is 3.91. The first-order chi connectivity index (χ1) is 6.65. The van der Waals surface area contributed by atoms with Crippen LogP contribution < -0.4 is 0 Å².